The lowest BCUT2D eigenvalue weighted by atomic mass is 10.1. The van der Waals surface area contributed by atoms with Crippen LogP contribution in [0.1, 0.15) is 12.6 Å². The normalized spacial score (nSPS) is 30.1. The number of hydrogen-bond donors (Lipinski definition) is 4. The molecule has 0 saturated carbocycles. The predicted octanol–water partition coefficient (Wildman–Crippen LogP) is -0.510. The summed E-state index contributed by atoms with van der Waals surface area (Å²) in [6, 6.07) is 0. The number of aromatic amines is 1. The fourth-order valence-electron chi connectivity index (χ4n) is 2.39. The van der Waals surface area contributed by atoms with Crippen molar-refractivity contribution < 1.29 is 20.1 Å². The second kappa shape index (κ2) is 5.19. The zero-order chi connectivity index (χ0) is 14.3. The van der Waals surface area contributed by atoms with Gasteiger partial charge in [0.2, 0.25) is 0 Å². The lowest BCUT2D eigenvalue weighted by Gasteiger charge is -2.16. The maximum Gasteiger partial charge on any atom is 0.165 e. The first-order valence-electron chi connectivity index (χ1n) is 6.16. The summed E-state index contributed by atoms with van der Waals surface area (Å²) in [6.45, 7) is -0.127. The molecule has 0 radical (unpaired) electrons. The SMILES string of the molecule is OCC[C@H]1O[C@@H](n2cnc3c(=S)nc[nH]c32)[C@H](O)[C@@H]1O. The lowest BCUT2D eigenvalue weighted by molar-refractivity contribution is -0.0405. The van der Waals surface area contributed by atoms with Crippen LogP contribution in [0.3, 0.4) is 0 Å². The van der Waals surface area contributed by atoms with Gasteiger partial charge in [-0.25, -0.2) is 9.97 Å². The first-order chi connectivity index (χ1) is 9.63. The maximum atomic E-state index is 10.1. The molecule has 8 nitrogen and oxygen atoms in total. The minimum Gasteiger partial charge on any atom is -0.396 e. The minimum atomic E-state index is -1.11. The molecule has 2 aromatic rings. The topological polar surface area (TPSA) is 116 Å². The number of ether oxygens (including phenoxy) is 1. The van der Waals surface area contributed by atoms with Crippen molar-refractivity contribution in [2.24, 2.45) is 0 Å². The van der Waals surface area contributed by atoms with E-state index in [-0.39, 0.29) is 13.0 Å². The van der Waals surface area contributed by atoms with Crippen LogP contribution in [0.4, 0.5) is 0 Å². The van der Waals surface area contributed by atoms with Crippen molar-refractivity contribution >= 4 is 23.4 Å². The molecule has 1 fully saturated rings. The second-order valence-corrected chi connectivity index (χ2v) is 5.00. The second-order valence-electron chi connectivity index (χ2n) is 4.62. The van der Waals surface area contributed by atoms with Crippen molar-refractivity contribution in [2.75, 3.05) is 6.61 Å². The molecule has 20 heavy (non-hydrogen) atoms. The Kier molecular flexibility index (Phi) is 3.52. The number of H-pyrrole nitrogens is 1. The highest BCUT2D eigenvalue weighted by Gasteiger charge is 2.43. The van der Waals surface area contributed by atoms with Crippen LogP contribution in [-0.4, -0.2) is 59.8 Å². The number of rotatable bonds is 3. The quantitative estimate of drug-likeness (QED) is 0.564. The Hall–Kier alpha value is -1.39. The average molecular weight is 298 g/mol. The molecule has 2 aromatic heterocycles. The van der Waals surface area contributed by atoms with Crippen LogP contribution in [0.15, 0.2) is 12.7 Å². The van der Waals surface area contributed by atoms with E-state index in [1.54, 1.807) is 4.57 Å². The Morgan fingerprint density at radius 3 is 2.90 bits per heavy atom. The van der Waals surface area contributed by atoms with Crippen molar-refractivity contribution in [1.29, 1.82) is 0 Å². The summed E-state index contributed by atoms with van der Waals surface area (Å²) in [7, 11) is 0. The van der Waals surface area contributed by atoms with Gasteiger partial charge in [0.05, 0.1) is 18.8 Å². The van der Waals surface area contributed by atoms with Crippen molar-refractivity contribution in [3.8, 4) is 0 Å². The number of nitrogens with zero attached hydrogens (tertiary/aromatic N) is 3. The fourth-order valence-corrected chi connectivity index (χ4v) is 2.59. The van der Waals surface area contributed by atoms with E-state index in [2.05, 4.69) is 15.0 Å². The summed E-state index contributed by atoms with van der Waals surface area (Å²) in [6.07, 6.45) is -0.430. The van der Waals surface area contributed by atoms with Crippen molar-refractivity contribution in [3.63, 3.8) is 0 Å². The highest BCUT2D eigenvalue weighted by molar-refractivity contribution is 7.71. The summed E-state index contributed by atoms with van der Waals surface area (Å²) in [5.74, 6) is 0. The van der Waals surface area contributed by atoms with Crippen LogP contribution in [0, 0.1) is 4.64 Å². The molecule has 0 aromatic carbocycles. The van der Waals surface area contributed by atoms with E-state index in [4.69, 9.17) is 22.1 Å². The maximum absolute atomic E-state index is 10.1. The number of hydrogen-bond acceptors (Lipinski definition) is 7. The summed E-state index contributed by atoms with van der Waals surface area (Å²) in [4.78, 5) is 11.0. The predicted molar refractivity (Wildman–Crippen MR) is 70.3 cm³/mol. The van der Waals surface area contributed by atoms with Crippen molar-refractivity contribution in [3.05, 3.63) is 17.3 Å². The number of fused-ring (bicyclic) bond motifs is 1. The summed E-state index contributed by atoms with van der Waals surface area (Å²) < 4.78 is 7.52. The highest BCUT2D eigenvalue weighted by atomic mass is 32.1. The van der Waals surface area contributed by atoms with Gasteiger partial charge in [0.25, 0.3) is 0 Å². The van der Waals surface area contributed by atoms with E-state index in [1.807, 2.05) is 0 Å². The largest absolute Gasteiger partial charge is 0.396 e. The van der Waals surface area contributed by atoms with Gasteiger partial charge in [-0.1, -0.05) is 12.2 Å². The molecule has 1 aliphatic heterocycles. The minimum absolute atomic E-state index is 0.127. The number of nitrogens with one attached hydrogen (secondary N) is 1. The molecule has 0 unspecified atom stereocenters. The van der Waals surface area contributed by atoms with E-state index < -0.39 is 24.5 Å². The summed E-state index contributed by atoms with van der Waals surface area (Å²) in [5.41, 5.74) is 1.06. The van der Waals surface area contributed by atoms with Gasteiger partial charge in [-0.3, -0.25) is 4.57 Å². The van der Waals surface area contributed by atoms with Crippen LogP contribution in [-0.2, 0) is 4.74 Å². The molecular formula is C11H14N4O4S. The number of aliphatic hydroxyl groups excluding tert-OH is 3. The van der Waals surface area contributed by atoms with E-state index in [9.17, 15) is 10.2 Å². The Labute approximate surface area is 118 Å². The molecule has 1 aliphatic rings. The molecular weight excluding hydrogens is 284 g/mol. The van der Waals surface area contributed by atoms with Gasteiger partial charge in [0.15, 0.2) is 10.9 Å². The number of imidazole rings is 1. The standard InChI is InChI=1S/C11H14N4O4S/c16-2-1-5-7(17)8(18)11(19-5)15-4-14-6-9(15)12-3-13-10(6)20/h3-5,7-8,11,16-18H,1-2H2,(H,12,13,20)/t5-,7-,8-,11-/m1/s1. The molecule has 4 N–H and O–H groups in total. The van der Waals surface area contributed by atoms with Gasteiger partial charge < -0.3 is 25.0 Å². The Morgan fingerprint density at radius 1 is 1.35 bits per heavy atom. The average Bonchev–Trinajstić information content (AvgIpc) is 2.97. The molecule has 3 heterocycles. The van der Waals surface area contributed by atoms with Crippen LogP contribution in [0.5, 0.6) is 0 Å². The van der Waals surface area contributed by atoms with E-state index >= 15 is 0 Å². The highest BCUT2D eigenvalue weighted by Crippen LogP contribution is 2.32. The third-order valence-electron chi connectivity index (χ3n) is 3.40. The fraction of sp³-hybridized carbons (Fsp3) is 0.545. The van der Waals surface area contributed by atoms with Crippen molar-refractivity contribution in [2.45, 2.75) is 31.0 Å². The monoisotopic (exact) mass is 298 g/mol. The van der Waals surface area contributed by atoms with Crippen LogP contribution in [0.2, 0.25) is 0 Å². The molecule has 0 amide bonds. The van der Waals surface area contributed by atoms with Gasteiger partial charge in [0.1, 0.15) is 23.4 Å². The molecule has 4 atom stereocenters. The Morgan fingerprint density at radius 2 is 2.15 bits per heavy atom. The van der Waals surface area contributed by atoms with Gasteiger partial charge in [-0.05, 0) is 6.42 Å². The van der Waals surface area contributed by atoms with Crippen LogP contribution >= 0.6 is 12.2 Å². The lowest BCUT2D eigenvalue weighted by Crippen LogP contribution is -2.31. The number of aromatic nitrogens is 4. The van der Waals surface area contributed by atoms with Gasteiger partial charge in [-0.2, -0.15) is 0 Å². The zero-order valence-electron chi connectivity index (χ0n) is 10.4. The smallest absolute Gasteiger partial charge is 0.165 e. The van der Waals surface area contributed by atoms with E-state index in [0.717, 1.165) is 0 Å². The Bertz CT molecular complexity index is 672. The molecule has 0 aliphatic carbocycles. The van der Waals surface area contributed by atoms with Crippen LogP contribution < -0.4 is 0 Å². The molecule has 1 saturated heterocycles. The molecule has 108 valence electrons. The summed E-state index contributed by atoms with van der Waals surface area (Å²) in [5, 5.41) is 29.0. The first-order valence-corrected chi connectivity index (χ1v) is 6.57. The first kappa shape index (κ1) is 13.6. The molecule has 0 bridgehead atoms. The molecule has 3 rings (SSSR count). The number of aliphatic hydroxyl groups is 3. The molecule has 0 spiro atoms. The third kappa shape index (κ3) is 2.03. The van der Waals surface area contributed by atoms with E-state index in [1.165, 1.54) is 12.7 Å². The van der Waals surface area contributed by atoms with Crippen molar-refractivity contribution in [1.82, 2.24) is 19.5 Å². The third-order valence-corrected chi connectivity index (χ3v) is 3.70. The van der Waals surface area contributed by atoms with Crippen LogP contribution in [0.25, 0.3) is 11.2 Å². The van der Waals surface area contributed by atoms with Gasteiger partial charge in [0, 0.05) is 6.61 Å². The van der Waals surface area contributed by atoms with E-state index in [0.29, 0.717) is 15.8 Å². The summed E-state index contributed by atoms with van der Waals surface area (Å²) >= 11 is 5.07. The molecule has 9 heteroatoms. The zero-order valence-corrected chi connectivity index (χ0v) is 11.2. The Balaban J connectivity index is 1.99. The van der Waals surface area contributed by atoms with Gasteiger partial charge >= 0.3 is 0 Å². The van der Waals surface area contributed by atoms with Gasteiger partial charge in [-0.15, -0.1) is 0 Å².